The summed E-state index contributed by atoms with van der Waals surface area (Å²) in [5, 5.41) is 27.7. The van der Waals surface area contributed by atoms with Crippen molar-refractivity contribution in [1.82, 2.24) is 5.32 Å². The lowest BCUT2D eigenvalue weighted by molar-refractivity contribution is -0.159. The van der Waals surface area contributed by atoms with E-state index < -0.39 is 23.5 Å². The molecule has 40 heavy (non-hydrogen) atoms. The van der Waals surface area contributed by atoms with Gasteiger partial charge in [-0.2, -0.15) is 0 Å². The number of oxime groups is 1. The number of hydrogen-bond acceptors (Lipinski definition) is 6. The average molecular weight is 551 g/mol. The lowest BCUT2D eigenvalue weighted by Gasteiger charge is -2.59. The number of benzene rings is 1. The van der Waals surface area contributed by atoms with E-state index in [4.69, 9.17) is 4.84 Å². The Bertz CT molecular complexity index is 1230. The van der Waals surface area contributed by atoms with E-state index in [9.17, 15) is 24.6 Å². The van der Waals surface area contributed by atoms with Gasteiger partial charge in [-0.15, -0.1) is 0 Å². The maximum atomic E-state index is 12.5. The zero-order valence-electron chi connectivity index (χ0n) is 23.8. The quantitative estimate of drug-likeness (QED) is 0.411. The molecule has 4 unspecified atom stereocenters. The molecule has 4 aliphatic rings. The molecular weight excluding hydrogens is 508 g/mol. The van der Waals surface area contributed by atoms with E-state index in [2.05, 4.69) is 30.4 Å². The van der Waals surface area contributed by atoms with E-state index in [1.54, 1.807) is 6.92 Å². The van der Waals surface area contributed by atoms with Crippen molar-refractivity contribution >= 4 is 23.4 Å². The SMILES string of the molecule is CC(=O)[C@@]1(O)CCC2C3CCC4=CC(=NOCC(=O)NC(Cc5ccccc5)C(=O)O)CC[C@]4(C)C3CC[C@@]21C. The first-order valence-corrected chi connectivity index (χ1v) is 14.7. The highest BCUT2D eigenvalue weighted by Crippen LogP contribution is 2.67. The van der Waals surface area contributed by atoms with E-state index in [1.807, 2.05) is 30.3 Å². The second kappa shape index (κ2) is 10.8. The van der Waals surface area contributed by atoms with E-state index in [0.29, 0.717) is 24.2 Å². The number of carboxylic acid groups (broad SMARTS) is 1. The number of allylic oxidation sites excluding steroid dienone is 2. The largest absolute Gasteiger partial charge is 0.480 e. The standard InChI is InChI=1S/C32H42N2O6/c1-20(35)32(39)16-13-26-24-10-9-22-18-23(11-14-30(22,2)25(24)12-15-31(26,32)3)34-40-19-28(36)33-27(29(37)38)17-21-7-5-4-6-8-21/h4-8,18,24-27,39H,9-17,19H2,1-3H3,(H,33,36)(H,37,38)/t24?,25?,26?,27?,30-,31-,32-/m0/s1. The highest BCUT2D eigenvalue weighted by molar-refractivity contribution is 5.96. The lowest BCUT2D eigenvalue weighted by Crippen LogP contribution is -2.57. The highest BCUT2D eigenvalue weighted by atomic mass is 16.6. The zero-order chi connectivity index (χ0) is 28.7. The van der Waals surface area contributed by atoms with Crippen LogP contribution >= 0.6 is 0 Å². The third-order valence-electron chi connectivity index (χ3n) is 11.0. The summed E-state index contributed by atoms with van der Waals surface area (Å²) in [6.45, 7) is 5.72. The van der Waals surface area contributed by atoms with Crippen molar-refractivity contribution < 1.29 is 29.4 Å². The molecule has 1 aromatic carbocycles. The van der Waals surface area contributed by atoms with E-state index >= 15 is 0 Å². The number of amides is 1. The number of nitrogens with zero attached hydrogens (tertiary/aromatic N) is 1. The summed E-state index contributed by atoms with van der Waals surface area (Å²) in [5.74, 6) is -0.306. The molecule has 0 aliphatic heterocycles. The predicted molar refractivity (Wildman–Crippen MR) is 150 cm³/mol. The molecule has 0 bridgehead atoms. The summed E-state index contributed by atoms with van der Waals surface area (Å²) >= 11 is 0. The number of aliphatic hydroxyl groups is 1. The molecule has 3 saturated carbocycles. The third-order valence-corrected chi connectivity index (χ3v) is 11.0. The van der Waals surface area contributed by atoms with Crippen LogP contribution in [-0.2, 0) is 25.6 Å². The normalized spacial score (nSPS) is 36.5. The monoisotopic (exact) mass is 550 g/mol. The Morgan fingerprint density at radius 3 is 2.48 bits per heavy atom. The number of hydrogen-bond donors (Lipinski definition) is 3. The first-order valence-electron chi connectivity index (χ1n) is 14.7. The van der Waals surface area contributed by atoms with E-state index in [1.165, 1.54) is 5.57 Å². The average Bonchev–Trinajstić information content (AvgIpc) is 3.20. The molecule has 1 aromatic rings. The van der Waals surface area contributed by atoms with Crippen LogP contribution in [0.15, 0.2) is 47.1 Å². The molecule has 5 rings (SSSR count). The molecule has 0 spiro atoms. The smallest absolute Gasteiger partial charge is 0.326 e. The Kier molecular flexibility index (Phi) is 7.68. The Morgan fingerprint density at radius 1 is 1.05 bits per heavy atom. The van der Waals surface area contributed by atoms with Crippen molar-refractivity contribution in [3.63, 3.8) is 0 Å². The van der Waals surface area contributed by atoms with Gasteiger partial charge in [0.2, 0.25) is 0 Å². The van der Waals surface area contributed by atoms with E-state index in [-0.39, 0.29) is 29.6 Å². The second-order valence-electron chi connectivity index (χ2n) is 12.9. The summed E-state index contributed by atoms with van der Waals surface area (Å²) in [6.07, 6.45) is 9.42. The number of ketones is 1. The van der Waals surface area contributed by atoms with Gasteiger partial charge in [0.25, 0.3) is 5.91 Å². The highest BCUT2D eigenvalue weighted by Gasteiger charge is 2.65. The van der Waals surface area contributed by atoms with Gasteiger partial charge in [-0.3, -0.25) is 9.59 Å². The molecule has 0 heterocycles. The summed E-state index contributed by atoms with van der Waals surface area (Å²) in [5.41, 5.74) is 1.54. The predicted octanol–water partition coefficient (Wildman–Crippen LogP) is 4.45. The van der Waals surface area contributed by atoms with Crippen LogP contribution in [0.25, 0.3) is 0 Å². The fourth-order valence-corrected chi connectivity index (χ4v) is 8.70. The minimum Gasteiger partial charge on any atom is -0.480 e. The molecule has 0 radical (unpaired) electrons. The fourth-order valence-electron chi connectivity index (χ4n) is 8.70. The van der Waals surface area contributed by atoms with Gasteiger partial charge in [0.15, 0.2) is 12.4 Å². The van der Waals surface area contributed by atoms with Crippen LogP contribution in [0.3, 0.4) is 0 Å². The van der Waals surface area contributed by atoms with Gasteiger partial charge in [0, 0.05) is 11.8 Å². The Balaban J connectivity index is 1.20. The lowest BCUT2D eigenvalue weighted by atomic mass is 9.46. The maximum Gasteiger partial charge on any atom is 0.326 e. The Labute approximate surface area is 236 Å². The fraction of sp³-hybridized carbons (Fsp3) is 0.625. The van der Waals surface area contributed by atoms with Gasteiger partial charge in [0.05, 0.1) is 5.71 Å². The number of fused-ring (bicyclic) bond motifs is 5. The van der Waals surface area contributed by atoms with Gasteiger partial charge >= 0.3 is 5.97 Å². The summed E-state index contributed by atoms with van der Waals surface area (Å²) in [4.78, 5) is 41.9. The van der Waals surface area contributed by atoms with Gasteiger partial charge in [-0.05, 0) is 93.1 Å². The van der Waals surface area contributed by atoms with Crippen LogP contribution in [0.2, 0.25) is 0 Å². The van der Waals surface area contributed by atoms with Crippen LogP contribution in [0, 0.1) is 28.6 Å². The minimum absolute atomic E-state index is 0.0592. The molecule has 7 atom stereocenters. The molecule has 3 N–H and O–H groups in total. The third kappa shape index (κ3) is 4.89. The first-order chi connectivity index (χ1) is 19.0. The van der Waals surface area contributed by atoms with Crippen molar-refractivity contribution in [2.24, 2.45) is 33.7 Å². The van der Waals surface area contributed by atoms with Crippen molar-refractivity contribution in [3.8, 4) is 0 Å². The molecule has 3 fully saturated rings. The number of rotatable bonds is 8. The van der Waals surface area contributed by atoms with Crippen molar-refractivity contribution in [3.05, 3.63) is 47.5 Å². The zero-order valence-corrected chi connectivity index (χ0v) is 23.8. The van der Waals surface area contributed by atoms with Crippen molar-refractivity contribution in [2.45, 2.75) is 90.2 Å². The topological polar surface area (TPSA) is 125 Å². The number of nitrogens with one attached hydrogen (secondary N) is 1. The summed E-state index contributed by atoms with van der Waals surface area (Å²) < 4.78 is 0. The number of carbonyl (C=O) groups is 3. The van der Waals surface area contributed by atoms with Gasteiger partial charge in [-0.25, -0.2) is 4.79 Å². The minimum atomic E-state index is -1.19. The molecule has 8 nitrogen and oxygen atoms in total. The number of carboxylic acids is 1. The first kappa shape index (κ1) is 28.5. The number of carbonyl (C=O) groups excluding carboxylic acids is 2. The second-order valence-corrected chi connectivity index (χ2v) is 12.9. The molecule has 1 amide bonds. The van der Waals surface area contributed by atoms with Crippen LogP contribution < -0.4 is 5.32 Å². The number of Topliss-reactive ketones (excluding diaryl/α,β-unsaturated/α-hetero) is 1. The molecule has 0 aromatic heterocycles. The molecule has 216 valence electrons. The van der Waals surface area contributed by atoms with Gasteiger partial charge in [-0.1, -0.05) is 54.9 Å². The Hall–Kier alpha value is -3.00. The van der Waals surface area contributed by atoms with E-state index in [0.717, 1.165) is 56.2 Å². The van der Waals surface area contributed by atoms with Gasteiger partial charge < -0.3 is 20.4 Å². The maximum absolute atomic E-state index is 12.5. The molecule has 0 saturated heterocycles. The van der Waals surface area contributed by atoms with Crippen LogP contribution in [0.1, 0.15) is 77.7 Å². The number of aliphatic carboxylic acids is 1. The summed E-state index contributed by atoms with van der Waals surface area (Å²) in [6, 6.07) is 8.14. The van der Waals surface area contributed by atoms with Crippen LogP contribution in [0.4, 0.5) is 0 Å². The van der Waals surface area contributed by atoms with Crippen molar-refractivity contribution in [1.29, 1.82) is 0 Å². The van der Waals surface area contributed by atoms with Crippen molar-refractivity contribution in [2.75, 3.05) is 6.61 Å². The molecule has 8 heteroatoms. The molecular formula is C32H42N2O6. The summed E-state index contributed by atoms with van der Waals surface area (Å²) in [7, 11) is 0. The molecule has 4 aliphatic carbocycles. The Morgan fingerprint density at radius 2 is 1.77 bits per heavy atom. The van der Waals surface area contributed by atoms with Crippen LogP contribution in [0.5, 0.6) is 0 Å². The van der Waals surface area contributed by atoms with Gasteiger partial charge in [0.1, 0.15) is 11.6 Å². The van der Waals surface area contributed by atoms with Crippen LogP contribution in [-0.4, -0.2) is 51.8 Å².